The van der Waals surface area contributed by atoms with Gasteiger partial charge in [-0.3, -0.25) is 9.59 Å². The molecule has 1 saturated carbocycles. The Balaban J connectivity index is 1.37. The van der Waals surface area contributed by atoms with Crippen molar-refractivity contribution in [2.75, 3.05) is 17.4 Å². The van der Waals surface area contributed by atoms with Crippen LogP contribution in [0, 0.1) is 29.3 Å². The van der Waals surface area contributed by atoms with E-state index in [9.17, 15) is 22.8 Å². The number of amides is 2. The van der Waals surface area contributed by atoms with Gasteiger partial charge in [0.2, 0.25) is 18.6 Å². The third-order valence-corrected chi connectivity index (χ3v) is 4.40. The Bertz CT molecular complexity index is 950. The molecule has 2 atom stereocenters. The van der Waals surface area contributed by atoms with Gasteiger partial charge in [-0.05, 0) is 30.7 Å². The summed E-state index contributed by atoms with van der Waals surface area (Å²) in [6.07, 6.45) is 0.271. The Hall–Kier alpha value is -3.23. The first-order valence-electron chi connectivity index (χ1n) is 8.09. The molecule has 2 N–H and O–H groups in total. The van der Waals surface area contributed by atoms with Crippen LogP contribution in [-0.2, 0) is 9.59 Å². The number of rotatable bonds is 4. The average molecular weight is 378 g/mol. The molecular formula is C18H13F3N2O4. The molecule has 2 aromatic rings. The maximum atomic E-state index is 13.6. The molecule has 6 nitrogen and oxygen atoms in total. The number of nitrogens with one attached hydrogen (secondary N) is 2. The van der Waals surface area contributed by atoms with E-state index < -0.39 is 40.9 Å². The summed E-state index contributed by atoms with van der Waals surface area (Å²) in [5.41, 5.74) is 0.0164. The maximum Gasteiger partial charge on any atom is 0.231 e. The van der Waals surface area contributed by atoms with E-state index in [4.69, 9.17) is 9.47 Å². The summed E-state index contributed by atoms with van der Waals surface area (Å²) in [6, 6.07) is 6.54. The first kappa shape index (κ1) is 17.2. The van der Waals surface area contributed by atoms with Crippen LogP contribution < -0.4 is 20.1 Å². The summed E-state index contributed by atoms with van der Waals surface area (Å²) in [5, 5.41) is 4.86. The fourth-order valence-electron chi connectivity index (χ4n) is 2.83. The zero-order chi connectivity index (χ0) is 19.1. The minimum Gasteiger partial charge on any atom is -0.454 e. The molecular weight excluding hydrogens is 365 g/mol. The van der Waals surface area contributed by atoms with Crippen molar-refractivity contribution in [3.8, 4) is 11.5 Å². The first-order valence-corrected chi connectivity index (χ1v) is 8.09. The highest BCUT2D eigenvalue weighted by Gasteiger charge is 2.48. The fraction of sp³-hybridized carbons (Fsp3) is 0.222. The van der Waals surface area contributed by atoms with E-state index in [0.717, 1.165) is 6.07 Å². The third kappa shape index (κ3) is 3.27. The number of carbonyl (C=O) groups is 2. The van der Waals surface area contributed by atoms with E-state index >= 15 is 0 Å². The summed E-state index contributed by atoms with van der Waals surface area (Å²) in [4.78, 5) is 24.4. The van der Waals surface area contributed by atoms with E-state index in [0.29, 0.717) is 23.3 Å². The van der Waals surface area contributed by atoms with Crippen molar-refractivity contribution in [2.24, 2.45) is 11.8 Å². The SMILES string of the molecule is O=C(Nc1ccc2c(c1)OCO2)C1CC1C(=O)Nc1ccc(F)c(F)c1F. The monoisotopic (exact) mass is 378 g/mol. The largest absolute Gasteiger partial charge is 0.454 e. The molecule has 2 aliphatic rings. The zero-order valence-corrected chi connectivity index (χ0v) is 13.7. The summed E-state index contributed by atoms with van der Waals surface area (Å²) in [7, 11) is 0. The Labute approximate surface area is 151 Å². The van der Waals surface area contributed by atoms with Crippen LogP contribution in [0.5, 0.6) is 11.5 Å². The second-order valence-electron chi connectivity index (χ2n) is 6.22. The Morgan fingerprint density at radius 2 is 1.59 bits per heavy atom. The molecule has 2 aromatic carbocycles. The van der Waals surface area contributed by atoms with Gasteiger partial charge < -0.3 is 20.1 Å². The van der Waals surface area contributed by atoms with Crippen LogP contribution in [0.25, 0.3) is 0 Å². The molecule has 1 aliphatic heterocycles. The van der Waals surface area contributed by atoms with Crippen LogP contribution in [0.1, 0.15) is 6.42 Å². The number of halogens is 3. The van der Waals surface area contributed by atoms with Gasteiger partial charge in [0.1, 0.15) is 0 Å². The minimum absolute atomic E-state index is 0.109. The van der Waals surface area contributed by atoms with Crippen molar-refractivity contribution in [3.05, 3.63) is 47.8 Å². The molecule has 4 rings (SSSR count). The number of benzene rings is 2. The Morgan fingerprint density at radius 3 is 2.37 bits per heavy atom. The highest BCUT2D eigenvalue weighted by molar-refractivity contribution is 6.03. The summed E-state index contributed by atoms with van der Waals surface area (Å²) >= 11 is 0. The lowest BCUT2D eigenvalue weighted by molar-refractivity contribution is -0.122. The van der Waals surface area contributed by atoms with Crippen LogP contribution in [0.15, 0.2) is 30.3 Å². The lowest BCUT2D eigenvalue weighted by Gasteiger charge is -2.08. The van der Waals surface area contributed by atoms with Crippen LogP contribution in [-0.4, -0.2) is 18.6 Å². The van der Waals surface area contributed by atoms with Crippen molar-refractivity contribution >= 4 is 23.2 Å². The van der Waals surface area contributed by atoms with Gasteiger partial charge >= 0.3 is 0 Å². The molecule has 1 fully saturated rings. The molecule has 9 heteroatoms. The summed E-state index contributed by atoms with van der Waals surface area (Å²) < 4.78 is 50.2. The molecule has 140 valence electrons. The standard InChI is InChI=1S/C18H13F3N2O4/c19-11-2-3-12(16(21)15(11)20)23-18(25)10-6-9(10)17(24)22-8-1-4-13-14(5-8)27-7-26-13/h1-5,9-10H,6-7H2,(H,22,24)(H,23,25). The van der Waals surface area contributed by atoms with E-state index in [1.807, 2.05) is 0 Å². The van der Waals surface area contributed by atoms with Crippen molar-refractivity contribution in [1.29, 1.82) is 0 Å². The van der Waals surface area contributed by atoms with Crippen LogP contribution in [0.4, 0.5) is 24.5 Å². The molecule has 2 unspecified atom stereocenters. The molecule has 1 aliphatic carbocycles. The summed E-state index contributed by atoms with van der Waals surface area (Å²) in [5.74, 6) is -5.69. The van der Waals surface area contributed by atoms with E-state index in [2.05, 4.69) is 10.6 Å². The van der Waals surface area contributed by atoms with Gasteiger partial charge in [0.15, 0.2) is 29.0 Å². The maximum absolute atomic E-state index is 13.6. The van der Waals surface area contributed by atoms with Gasteiger partial charge in [0.05, 0.1) is 17.5 Å². The van der Waals surface area contributed by atoms with Crippen LogP contribution in [0.2, 0.25) is 0 Å². The van der Waals surface area contributed by atoms with Gasteiger partial charge in [0.25, 0.3) is 0 Å². The zero-order valence-electron chi connectivity index (χ0n) is 13.7. The third-order valence-electron chi connectivity index (χ3n) is 4.40. The van der Waals surface area contributed by atoms with Crippen molar-refractivity contribution < 1.29 is 32.2 Å². The van der Waals surface area contributed by atoms with Gasteiger partial charge in [-0.15, -0.1) is 0 Å². The highest BCUT2D eigenvalue weighted by Crippen LogP contribution is 2.41. The molecule has 0 spiro atoms. The number of ether oxygens (including phenoxy) is 2. The topological polar surface area (TPSA) is 76.7 Å². The molecule has 0 aromatic heterocycles. The average Bonchev–Trinajstić information content (AvgIpc) is 3.33. The second-order valence-corrected chi connectivity index (χ2v) is 6.22. The van der Waals surface area contributed by atoms with Gasteiger partial charge in [-0.25, -0.2) is 13.2 Å². The van der Waals surface area contributed by atoms with Gasteiger partial charge in [-0.2, -0.15) is 0 Å². The smallest absolute Gasteiger partial charge is 0.231 e. The lowest BCUT2D eigenvalue weighted by atomic mass is 10.2. The Kier molecular flexibility index (Phi) is 4.14. The van der Waals surface area contributed by atoms with Crippen molar-refractivity contribution in [1.82, 2.24) is 0 Å². The molecule has 0 saturated heterocycles. The van der Waals surface area contributed by atoms with Crippen molar-refractivity contribution in [2.45, 2.75) is 6.42 Å². The van der Waals surface area contributed by atoms with E-state index in [-0.39, 0.29) is 19.1 Å². The second kappa shape index (κ2) is 6.49. The van der Waals surface area contributed by atoms with Gasteiger partial charge in [0, 0.05) is 11.8 Å². The van der Waals surface area contributed by atoms with Crippen LogP contribution >= 0.6 is 0 Å². The Morgan fingerprint density at radius 1 is 0.889 bits per heavy atom. The van der Waals surface area contributed by atoms with E-state index in [1.165, 1.54) is 0 Å². The molecule has 27 heavy (non-hydrogen) atoms. The number of hydrogen-bond donors (Lipinski definition) is 2. The molecule has 1 heterocycles. The first-order chi connectivity index (χ1) is 12.9. The normalized spacial score (nSPS) is 19.5. The number of fused-ring (bicyclic) bond motifs is 1. The number of carbonyl (C=O) groups excluding carboxylic acids is 2. The van der Waals surface area contributed by atoms with Crippen molar-refractivity contribution in [3.63, 3.8) is 0 Å². The molecule has 0 bridgehead atoms. The lowest BCUT2D eigenvalue weighted by Crippen LogP contribution is -2.21. The molecule has 0 radical (unpaired) electrons. The molecule has 2 amide bonds. The van der Waals surface area contributed by atoms with Gasteiger partial charge in [-0.1, -0.05) is 0 Å². The summed E-state index contributed by atoms with van der Waals surface area (Å²) in [6.45, 7) is 0.109. The van der Waals surface area contributed by atoms with E-state index in [1.54, 1.807) is 18.2 Å². The number of hydrogen-bond acceptors (Lipinski definition) is 4. The fourth-order valence-corrected chi connectivity index (χ4v) is 2.83. The van der Waals surface area contributed by atoms with Crippen LogP contribution in [0.3, 0.4) is 0 Å². The minimum atomic E-state index is -1.67. The highest BCUT2D eigenvalue weighted by atomic mass is 19.2. The predicted octanol–water partition coefficient (Wildman–Crippen LogP) is 3.05. The quantitative estimate of drug-likeness (QED) is 0.802. The predicted molar refractivity (Wildman–Crippen MR) is 87.7 cm³/mol. The number of anilines is 2.